The lowest BCUT2D eigenvalue weighted by molar-refractivity contribution is -0.0431. The molecule has 0 unspecified atom stereocenters. The summed E-state index contributed by atoms with van der Waals surface area (Å²) >= 11 is 0. The van der Waals surface area contributed by atoms with E-state index in [-0.39, 0.29) is 0 Å². The highest BCUT2D eigenvalue weighted by molar-refractivity contribution is 5.49. The topological polar surface area (TPSA) is 53.7 Å². The molecule has 1 aliphatic rings. The van der Waals surface area contributed by atoms with Crippen LogP contribution in [-0.2, 0) is 11.3 Å². The van der Waals surface area contributed by atoms with Crippen LogP contribution >= 0.6 is 0 Å². The Kier molecular flexibility index (Phi) is 2.78. The molecule has 1 heterocycles. The average molecular weight is 223 g/mol. The van der Waals surface area contributed by atoms with Gasteiger partial charge >= 0.3 is 0 Å². The highest BCUT2D eigenvalue weighted by Gasteiger charge is 2.32. The second-order valence-corrected chi connectivity index (χ2v) is 4.45. The van der Waals surface area contributed by atoms with Gasteiger partial charge in [-0.2, -0.15) is 0 Å². The Morgan fingerprint density at radius 2 is 1.88 bits per heavy atom. The van der Waals surface area contributed by atoms with E-state index in [1.165, 1.54) is 5.56 Å². The Morgan fingerprint density at radius 1 is 1.25 bits per heavy atom. The Morgan fingerprint density at radius 3 is 2.50 bits per heavy atom. The minimum absolute atomic E-state index is 0.504. The van der Waals surface area contributed by atoms with E-state index in [0.717, 1.165) is 23.5 Å². The fraction of sp³-hybridized carbons (Fsp3) is 0.500. The fourth-order valence-electron chi connectivity index (χ4n) is 1.85. The largest absolute Gasteiger partial charge is 0.449 e. The second-order valence-electron chi connectivity index (χ2n) is 4.45. The molecule has 0 amide bonds. The molecule has 88 valence electrons. The van der Waals surface area contributed by atoms with Gasteiger partial charge in [0, 0.05) is 13.8 Å². The van der Waals surface area contributed by atoms with Crippen molar-refractivity contribution in [1.82, 2.24) is 0 Å². The SMILES string of the molecule is Cc1cc2c(cc1CCON)OC(C)(C)O2. The summed E-state index contributed by atoms with van der Waals surface area (Å²) in [6.07, 6.45) is 0.777. The van der Waals surface area contributed by atoms with Crippen LogP contribution in [0.25, 0.3) is 0 Å². The lowest BCUT2D eigenvalue weighted by atomic mass is 10.1. The molecule has 4 heteroatoms. The van der Waals surface area contributed by atoms with E-state index in [9.17, 15) is 0 Å². The number of nitrogens with two attached hydrogens (primary N) is 1. The Bertz CT molecular complexity index is 401. The Balaban J connectivity index is 2.26. The molecule has 16 heavy (non-hydrogen) atoms. The number of benzene rings is 1. The number of hydrogen-bond donors (Lipinski definition) is 1. The lowest BCUT2D eigenvalue weighted by Gasteiger charge is -2.16. The standard InChI is InChI=1S/C12H17NO3/c1-8-6-10-11(16-12(2,3)15-10)7-9(8)4-5-14-13/h6-7H,4-5,13H2,1-3H3. The van der Waals surface area contributed by atoms with Gasteiger partial charge in [-0.25, -0.2) is 5.90 Å². The summed E-state index contributed by atoms with van der Waals surface area (Å²) in [6.45, 7) is 6.33. The zero-order valence-corrected chi connectivity index (χ0v) is 9.87. The Labute approximate surface area is 95.2 Å². The van der Waals surface area contributed by atoms with Crippen molar-refractivity contribution in [1.29, 1.82) is 0 Å². The van der Waals surface area contributed by atoms with Gasteiger partial charge in [0.05, 0.1) is 6.61 Å². The predicted molar refractivity (Wildman–Crippen MR) is 60.4 cm³/mol. The minimum atomic E-state index is -0.572. The molecule has 0 bridgehead atoms. The molecule has 2 rings (SSSR count). The third kappa shape index (κ3) is 2.13. The first-order valence-corrected chi connectivity index (χ1v) is 5.35. The molecule has 0 spiro atoms. The monoisotopic (exact) mass is 223 g/mol. The molecular weight excluding hydrogens is 206 g/mol. The van der Waals surface area contributed by atoms with Crippen molar-refractivity contribution in [2.24, 2.45) is 5.90 Å². The highest BCUT2D eigenvalue weighted by atomic mass is 16.7. The smallest absolute Gasteiger partial charge is 0.246 e. The second kappa shape index (κ2) is 3.96. The van der Waals surface area contributed by atoms with Crippen molar-refractivity contribution >= 4 is 0 Å². The van der Waals surface area contributed by atoms with Gasteiger partial charge in [0.2, 0.25) is 5.79 Å². The zero-order valence-electron chi connectivity index (χ0n) is 9.87. The number of hydrogen-bond acceptors (Lipinski definition) is 4. The summed E-state index contributed by atoms with van der Waals surface area (Å²) in [7, 11) is 0. The number of ether oxygens (including phenoxy) is 2. The summed E-state index contributed by atoms with van der Waals surface area (Å²) in [5.74, 6) is 6.05. The average Bonchev–Trinajstić information content (AvgIpc) is 2.47. The molecule has 0 atom stereocenters. The van der Waals surface area contributed by atoms with Gasteiger partial charge in [-0.05, 0) is 36.6 Å². The summed E-state index contributed by atoms with van der Waals surface area (Å²) in [6, 6.07) is 3.99. The molecule has 0 aliphatic carbocycles. The molecule has 4 nitrogen and oxygen atoms in total. The van der Waals surface area contributed by atoms with Gasteiger partial charge in [-0.3, -0.25) is 0 Å². The van der Waals surface area contributed by atoms with Crippen LogP contribution in [0, 0.1) is 6.92 Å². The van der Waals surface area contributed by atoms with Crippen LogP contribution in [0.1, 0.15) is 25.0 Å². The first kappa shape index (κ1) is 11.2. The van der Waals surface area contributed by atoms with E-state index in [1.54, 1.807) is 0 Å². The van der Waals surface area contributed by atoms with Crippen molar-refractivity contribution in [3.05, 3.63) is 23.3 Å². The quantitative estimate of drug-likeness (QED) is 0.795. The molecule has 0 fully saturated rings. The minimum Gasteiger partial charge on any atom is -0.449 e. The molecule has 0 radical (unpaired) electrons. The van der Waals surface area contributed by atoms with Gasteiger partial charge < -0.3 is 14.3 Å². The number of fused-ring (bicyclic) bond motifs is 1. The van der Waals surface area contributed by atoms with Crippen molar-refractivity contribution in [3.8, 4) is 11.5 Å². The third-order valence-electron chi connectivity index (χ3n) is 2.60. The van der Waals surface area contributed by atoms with E-state index in [4.69, 9.17) is 15.4 Å². The van der Waals surface area contributed by atoms with Crippen molar-refractivity contribution in [3.63, 3.8) is 0 Å². The molecule has 2 N–H and O–H groups in total. The van der Waals surface area contributed by atoms with Crippen LogP contribution in [-0.4, -0.2) is 12.4 Å². The van der Waals surface area contributed by atoms with Crippen molar-refractivity contribution in [2.75, 3.05) is 6.61 Å². The van der Waals surface area contributed by atoms with E-state index in [1.807, 2.05) is 32.9 Å². The maximum absolute atomic E-state index is 5.68. The number of aryl methyl sites for hydroxylation is 1. The van der Waals surface area contributed by atoms with Crippen molar-refractivity contribution in [2.45, 2.75) is 33.0 Å². The van der Waals surface area contributed by atoms with E-state index in [0.29, 0.717) is 6.61 Å². The molecule has 1 aliphatic heterocycles. The van der Waals surface area contributed by atoms with Gasteiger partial charge in [-0.15, -0.1) is 0 Å². The predicted octanol–water partition coefficient (Wildman–Crippen LogP) is 1.94. The van der Waals surface area contributed by atoms with Gasteiger partial charge in [0.15, 0.2) is 11.5 Å². The van der Waals surface area contributed by atoms with Crippen LogP contribution < -0.4 is 15.4 Å². The highest BCUT2D eigenvalue weighted by Crippen LogP contribution is 2.40. The van der Waals surface area contributed by atoms with Gasteiger partial charge in [-0.1, -0.05) is 0 Å². The van der Waals surface area contributed by atoms with E-state index < -0.39 is 5.79 Å². The zero-order chi connectivity index (χ0) is 11.8. The molecule has 0 aromatic heterocycles. The number of rotatable bonds is 3. The summed E-state index contributed by atoms with van der Waals surface area (Å²) < 4.78 is 11.3. The maximum atomic E-state index is 5.68. The van der Waals surface area contributed by atoms with Crippen LogP contribution in [0.5, 0.6) is 11.5 Å². The molecule has 0 saturated heterocycles. The first-order chi connectivity index (χ1) is 7.52. The van der Waals surface area contributed by atoms with Crippen LogP contribution in [0.15, 0.2) is 12.1 Å². The summed E-state index contributed by atoms with van der Waals surface area (Å²) in [5, 5.41) is 0. The van der Waals surface area contributed by atoms with Gasteiger partial charge in [0.1, 0.15) is 0 Å². The normalized spacial score (nSPS) is 16.5. The molecule has 1 aromatic carbocycles. The lowest BCUT2D eigenvalue weighted by Crippen LogP contribution is -2.29. The fourth-order valence-corrected chi connectivity index (χ4v) is 1.85. The summed E-state index contributed by atoms with van der Waals surface area (Å²) in [4.78, 5) is 4.59. The van der Waals surface area contributed by atoms with E-state index in [2.05, 4.69) is 4.84 Å². The van der Waals surface area contributed by atoms with Gasteiger partial charge in [0.25, 0.3) is 0 Å². The first-order valence-electron chi connectivity index (χ1n) is 5.35. The van der Waals surface area contributed by atoms with Crippen LogP contribution in [0.3, 0.4) is 0 Å². The Hall–Kier alpha value is -1.26. The van der Waals surface area contributed by atoms with Crippen LogP contribution in [0.2, 0.25) is 0 Å². The molecule has 1 aromatic rings. The van der Waals surface area contributed by atoms with Crippen LogP contribution in [0.4, 0.5) is 0 Å². The third-order valence-corrected chi connectivity index (χ3v) is 2.60. The molecule has 0 saturated carbocycles. The maximum Gasteiger partial charge on any atom is 0.246 e. The van der Waals surface area contributed by atoms with E-state index >= 15 is 0 Å². The molecular formula is C12H17NO3. The van der Waals surface area contributed by atoms with Crippen molar-refractivity contribution < 1.29 is 14.3 Å². The summed E-state index contributed by atoms with van der Waals surface area (Å²) in [5.41, 5.74) is 2.34.